The smallest absolute Gasteiger partial charge is 0.261 e. The van der Waals surface area contributed by atoms with E-state index in [0.717, 1.165) is 0 Å². The summed E-state index contributed by atoms with van der Waals surface area (Å²) in [6.07, 6.45) is 0.715. The van der Waals surface area contributed by atoms with Gasteiger partial charge in [0.05, 0.1) is 6.26 Å². The maximum Gasteiger partial charge on any atom is 0.261 e. The topological polar surface area (TPSA) is 54.4 Å². The fourth-order valence-electron chi connectivity index (χ4n) is 0. The Kier molecular flexibility index (Phi) is 44.5. The first-order valence-electron chi connectivity index (χ1n) is 0.924. The highest BCUT2D eigenvalue weighted by molar-refractivity contribution is 7.85. The van der Waals surface area contributed by atoms with Crippen LogP contribution >= 0.6 is 0 Å². The molecule has 0 amide bonds. The second kappa shape index (κ2) is 10.6. The van der Waals surface area contributed by atoms with E-state index >= 15 is 0 Å². The highest BCUT2D eigenvalue weighted by Crippen LogP contribution is 1.60. The van der Waals surface area contributed by atoms with Gasteiger partial charge in [-0.15, -0.1) is 0 Å². The van der Waals surface area contributed by atoms with Crippen LogP contribution < -0.4 is 0 Å². The van der Waals surface area contributed by atoms with Gasteiger partial charge in [0.15, 0.2) is 0 Å². The molecule has 0 aromatic heterocycles. The molecule has 0 heterocycles. The lowest BCUT2D eigenvalue weighted by atomic mass is 12.0. The lowest BCUT2D eigenvalue weighted by Crippen LogP contribution is -1.88. The van der Waals surface area contributed by atoms with Gasteiger partial charge in [0, 0.05) is 0 Å². The van der Waals surface area contributed by atoms with Gasteiger partial charge < -0.3 is 0 Å². The fraction of sp³-hybridized carbons (Fsp3) is 1.00. The maximum atomic E-state index is 9.19. The average Bonchev–Trinajstić information content (AvgIpc) is 0.722. The van der Waals surface area contributed by atoms with Gasteiger partial charge >= 0.3 is 0 Å². The first-order valence-corrected chi connectivity index (χ1v) is 2.77. The van der Waals surface area contributed by atoms with Gasteiger partial charge in [-0.05, 0) is 0 Å². The predicted molar refractivity (Wildman–Crippen MR) is 31.7 cm³/mol. The minimum absolute atomic E-state index is 0. The monoisotopic (exact) mass is 172 g/mol. The van der Waals surface area contributed by atoms with Crippen LogP contribution in [0.25, 0.3) is 0 Å². The summed E-state index contributed by atoms with van der Waals surface area (Å²) in [5, 5.41) is 0. The normalized spacial score (nSPS) is 6.44. The van der Waals surface area contributed by atoms with Crippen molar-refractivity contribution in [2.75, 3.05) is 6.26 Å². The van der Waals surface area contributed by atoms with Crippen LogP contribution in [-0.4, -0.2) is 19.2 Å². The van der Waals surface area contributed by atoms with Gasteiger partial charge in [-0.3, -0.25) is 18.7 Å². The summed E-state index contributed by atoms with van der Waals surface area (Å²) in [7, 11) is -3.67. The van der Waals surface area contributed by atoms with Crippen molar-refractivity contribution in [3.05, 3.63) is 0 Å². The molecule has 7 heteroatoms. The molecule has 0 spiro atoms. The minimum atomic E-state index is -3.67. The third kappa shape index (κ3) is 2780. The van der Waals surface area contributed by atoms with E-state index in [-0.39, 0.29) is 21.5 Å². The van der Waals surface area contributed by atoms with E-state index in [1.165, 1.54) is 0 Å². The second-order valence-electron chi connectivity index (χ2n) is 0.733. The van der Waals surface area contributed by atoms with E-state index < -0.39 is 10.1 Å². The van der Waals surface area contributed by atoms with Crippen molar-refractivity contribution in [1.29, 1.82) is 0 Å². The van der Waals surface area contributed by atoms with E-state index in [0.29, 0.717) is 6.26 Å². The molecule has 0 radical (unpaired) electrons. The minimum Gasteiger partial charge on any atom is -0.286 e. The highest BCUT2D eigenvalue weighted by Gasteiger charge is 1.81. The maximum absolute atomic E-state index is 9.19. The zero-order valence-electron chi connectivity index (χ0n) is 3.90. The van der Waals surface area contributed by atoms with Gasteiger partial charge in [-0.1, -0.05) is 7.43 Å². The summed E-state index contributed by atoms with van der Waals surface area (Å²) in [5.41, 5.74) is 0. The third-order valence-electron chi connectivity index (χ3n) is 0. The molecule has 0 saturated heterocycles. The van der Waals surface area contributed by atoms with Crippen LogP contribution in [-0.2, 0) is 10.1 Å². The van der Waals surface area contributed by atoms with Crippen molar-refractivity contribution >= 4 is 10.1 Å². The largest absolute Gasteiger partial charge is 0.286 e. The molecule has 3 nitrogen and oxygen atoms in total. The molecule has 0 atom stereocenters. The van der Waals surface area contributed by atoms with E-state index in [1.54, 1.807) is 0 Å². The van der Waals surface area contributed by atoms with Crippen molar-refractivity contribution in [2.24, 2.45) is 0 Å². The summed E-state index contributed by atoms with van der Waals surface area (Å²) >= 11 is 0. The lowest BCUT2D eigenvalue weighted by molar-refractivity contribution is 0.490. The molecule has 0 aromatic rings. The number of halogens is 3. The van der Waals surface area contributed by atoms with Gasteiger partial charge in [0.1, 0.15) is 0 Å². The third-order valence-corrected chi connectivity index (χ3v) is 0. The van der Waals surface area contributed by atoms with Crippen LogP contribution in [0.2, 0.25) is 0 Å². The molecule has 0 aliphatic carbocycles. The van der Waals surface area contributed by atoms with E-state index in [1.807, 2.05) is 0 Å². The summed E-state index contributed by atoms with van der Waals surface area (Å²) in [6.45, 7) is 0. The van der Waals surface area contributed by atoms with E-state index in [9.17, 15) is 8.42 Å². The standard InChI is InChI=1S/CH4O3S.CH4.3FH/c1-5(2,3)4;;;;/h1H3,(H,2,3,4);1H4;3*1H. The molecule has 0 bridgehead atoms. The molecule has 0 aliphatic heterocycles. The van der Waals surface area contributed by atoms with Crippen LogP contribution in [0.15, 0.2) is 0 Å². The molecule has 0 unspecified atom stereocenters. The van der Waals surface area contributed by atoms with Crippen LogP contribution in [0.4, 0.5) is 14.1 Å². The van der Waals surface area contributed by atoms with Crippen LogP contribution in [0, 0.1) is 0 Å². The lowest BCUT2D eigenvalue weighted by Gasteiger charge is -1.69. The van der Waals surface area contributed by atoms with Crippen molar-refractivity contribution < 1.29 is 27.1 Å². The quantitative estimate of drug-likeness (QED) is 0.544. The Bertz CT molecular complexity index is 100. The number of hydrogen-bond donors (Lipinski definition) is 1. The molecule has 9 heavy (non-hydrogen) atoms. The summed E-state index contributed by atoms with van der Waals surface area (Å²) < 4.78 is 25.9. The zero-order chi connectivity index (χ0) is 4.50. The second-order valence-corrected chi connectivity index (χ2v) is 2.20. The van der Waals surface area contributed by atoms with Gasteiger partial charge in [0.2, 0.25) is 0 Å². The van der Waals surface area contributed by atoms with Gasteiger partial charge in [-0.25, -0.2) is 0 Å². The van der Waals surface area contributed by atoms with Crippen molar-refractivity contribution in [2.45, 2.75) is 7.43 Å². The van der Waals surface area contributed by atoms with Gasteiger partial charge in [0.25, 0.3) is 10.1 Å². The Morgan fingerprint density at radius 2 is 1.11 bits per heavy atom. The first kappa shape index (κ1) is 37.7. The first-order chi connectivity index (χ1) is 2.00. The molecule has 0 saturated carbocycles. The Morgan fingerprint density at radius 3 is 1.11 bits per heavy atom. The Morgan fingerprint density at radius 1 is 1.11 bits per heavy atom. The Balaban J connectivity index is -0.0000000133. The zero-order valence-corrected chi connectivity index (χ0v) is 4.71. The summed E-state index contributed by atoms with van der Waals surface area (Å²) in [6, 6.07) is 0. The summed E-state index contributed by atoms with van der Waals surface area (Å²) in [4.78, 5) is 0. The summed E-state index contributed by atoms with van der Waals surface area (Å²) in [5.74, 6) is 0. The van der Waals surface area contributed by atoms with Crippen LogP contribution in [0.5, 0.6) is 0 Å². The van der Waals surface area contributed by atoms with E-state index in [4.69, 9.17) is 4.55 Å². The highest BCUT2D eigenvalue weighted by atomic mass is 32.2. The van der Waals surface area contributed by atoms with Crippen molar-refractivity contribution in [3.8, 4) is 0 Å². The number of hydrogen-bond acceptors (Lipinski definition) is 2. The van der Waals surface area contributed by atoms with Crippen LogP contribution in [0.1, 0.15) is 7.43 Å². The van der Waals surface area contributed by atoms with Crippen molar-refractivity contribution in [1.82, 2.24) is 0 Å². The SMILES string of the molecule is C.CS(=O)(=O)O.F.F.F. The van der Waals surface area contributed by atoms with Gasteiger partial charge in [-0.2, -0.15) is 8.42 Å². The fourth-order valence-corrected chi connectivity index (χ4v) is 0. The Labute approximate surface area is 51.9 Å². The Hall–Kier alpha value is -0.300. The molecule has 0 fully saturated rings. The predicted octanol–water partition coefficient (Wildman–Crippen LogP) is 0.598. The molecular weight excluding hydrogens is 161 g/mol. The molecule has 0 aromatic carbocycles. The molecule has 64 valence electrons. The molecule has 0 aliphatic rings. The van der Waals surface area contributed by atoms with E-state index in [2.05, 4.69) is 0 Å². The average molecular weight is 172 g/mol. The molecular formula is C2H11F3O3S. The molecule has 0 rings (SSSR count). The van der Waals surface area contributed by atoms with Crippen molar-refractivity contribution in [3.63, 3.8) is 0 Å². The molecule has 1 N–H and O–H groups in total. The van der Waals surface area contributed by atoms with Crippen LogP contribution in [0.3, 0.4) is 0 Å². The number of rotatable bonds is 0.